The first-order chi connectivity index (χ1) is 8.22. The van der Waals surface area contributed by atoms with Gasteiger partial charge in [0.25, 0.3) is 0 Å². The van der Waals surface area contributed by atoms with E-state index in [1.165, 1.54) is 9.13 Å². The van der Waals surface area contributed by atoms with Crippen molar-refractivity contribution < 1.29 is 0 Å². The van der Waals surface area contributed by atoms with Gasteiger partial charge in [-0.15, -0.1) is 5.10 Å². The summed E-state index contributed by atoms with van der Waals surface area (Å²) in [7, 11) is 1.92. The van der Waals surface area contributed by atoms with Crippen molar-refractivity contribution in [3.8, 4) is 0 Å². The molecule has 1 unspecified atom stereocenters. The van der Waals surface area contributed by atoms with Gasteiger partial charge in [-0.05, 0) is 46.8 Å². The molecular formula is C12H15IN4. The fraction of sp³-hybridized carbons (Fsp3) is 0.333. The van der Waals surface area contributed by atoms with Crippen LogP contribution < -0.4 is 5.32 Å². The first-order valence-electron chi connectivity index (χ1n) is 5.55. The second kappa shape index (κ2) is 5.59. The molecule has 1 aromatic heterocycles. The molecule has 0 saturated carbocycles. The number of hydrogen-bond donors (Lipinski definition) is 1. The van der Waals surface area contributed by atoms with Gasteiger partial charge in [0.05, 0.1) is 17.9 Å². The van der Waals surface area contributed by atoms with Crippen molar-refractivity contribution >= 4 is 22.6 Å². The minimum atomic E-state index is 0.148. The molecule has 0 aliphatic carbocycles. The number of nitrogens with one attached hydrogen (secondary N) is 1. The van der Waals surface area contributed by atoms with Crippen LogP contribution in [0.4, 0.5) is 0 Å². The van der Waals surface area contributed by atoms with Crippen LogP contribution >= 0.6 is 22.6 Å². The minimum Gasteiger partial charge on any atom is -0.305 e. The second-order valence-electron chi connectivity index (χ2n) is 3.83. The lowest BCUT2D eigenvalue weighted by Gasteiger charge is -2.18. The van der Waals surface area contributed by atoms with Crippen molar-refractivity contribution in [2.24, 2.45) is 7.05 Å². The Kier molecular flexibility index (Phi) is 4.11. The van der Waals surface area contributed by atoms with Gasteiger partial charge in [0.15, 0.2) is 0 Å². The standard InChI is InChI=1S/C12H15IN4/c1-3-14-12(11-8-15-16-17(11)2)9-5-4-6-10(13)7-9/h4-8,12,14H,3H2,1-2H3. The minimum absolute atomic E-state index is 0.148. The maximum atomic E-state index is 3.99. The van der Waals surface area contributed by atoms with Gasteiger partial charge < -0.3 is 5.32 Å². The van der Waals surface area contributed by atoms with Crippen molar-refractivity contribution in [3.05, 3.63) is 45.3 Å². The summed E-state index contributed by atoms with van der Waals surface area (Å²) in [6.07, 6.45) is 1.81. The summed E-state index contributed by atoms with van der Waals surface area (Å²) in [6, 6.07) is 8.62. The summed E-state index contributed by atoms with van der Waals surface area (Å²) in [4.78, 5) is 0. The maximum Gasteiger partial charge on any atom is 0.0798 e. The van der Waals surface area contributed by atoms with Gasteiger partial charge in [-0.1, -0.05) is 24.3 Å². The van der Waals surface area contributed by atoms with Crippen LogP contribution in [0.1, 0.15) is 24.2 Å². The smallest absolute Gasteiger partial charge is 0.0798 e. The summed E-state index contributed by atoms with van der Waals surface area (Å²) in [6.45, 7) is 3.01. The Balaban J connectivity index is 2.39. The Labute approximate surface area is 115 Å². The van der Waals surface area contributed by atoms with Crippen molar-refractivity contribution in [1.29, 1.82) is 0 Å². The van der Waals surface area contributed by atoms with E-state index in [1.54, 1.807) is 0 Å². The Hall–Kier alpha value is -0.950. The van der Waals surface area contributed by atoms with Crippen LogP contribution in [-0.4, -0.2) is 21.5 Å². The van der Waals surface area contributed by atoms with E-state index in [0.717, 1.165) is 12.2 Å². The van der Waals surface area contributed by atoms with Crippen LogP contribution in [0.3, 0.4) is 0 Å². The summed E-state index contributed by atoms with van der Waals surface area (Å²) in [5.41, 5.74) is 2.32. The van der Waals surface area contributed by atoms with E-state index in [4.69, 9.17) is 0 Å². The van der Waals surface area contributed by atoms with Gasteiger partial charge in [0.1, 0.15) is 0 Å². The number of halogens is 1. The van der Waals surface area contributed by atoms with Gasteiger partial charge >= 0.3 is 0 Å². The van der Waals surface area contributed by atoms with Crippen LogP contribution in [0.2, 0.25) is 0 Å². The van der Waals surface area contributed by atoms with Gasteiger partial charge in [0, 0.05) is 10.6 Å². The molecule has 0 spiro atoms. The van der Waals surface area contributed by atoms with E-state index in [9.17, 15) is 0 Å². The van der Waals surface area contributed by atoms with E-state index in [0.29, 0.717) is 0 Å². The number of rotatable bonds is 4. The average molecular weight is 342 g/mol. The monoisotopic (exact) mass is 342 g/mol. The largest absolute Gasteiger partial charge is 0.305 e. The Morgan fingerprint density at radius 1 is 1.47 bits per heavy atom. The van der Waals surface area contributed by atoms with E-state index < -0.39 is 0 Å². The number of benzene rings is 1. The third kappa shape index (κ3) is 2.84. The molecule has 1 aromatic carbocycles. The summed E-state index contributed by atoms with van der Waals surface area (Å²) in [5, 5.41) is 11.4. The molecule has 0 bridgehead atoms. The lowest BCUT2D eigenvalue weighted by molar-refractivity contribution is 0.568. The molecule has 0 aliphatic heterocycles. The highest BCUT2D eigenvalue weighted by atomic mass is 127. The lowest BCUT2D eigenvalue weighted by atomic mass is 10.0. The van der Waals surface area contributed by atoms with Crippen molar-refractivity contribution in [2.45, 2.75) is 13.0 Å². The van der Waals surface area contributed by atoms with Crippen LogP contribution in [-0.2, 0) is 7.05 Å². The summed E-state index contributed by atoms with van der Waals surface area (Å²) in [5.74, 6) is 0. The fourth-order valence-corrected chi connectivity index (χ4v) is 2.41. The van der Waals surface area contributed by atoms with Gasteiger partial charge in [-0.2, -0.15) is 0 Å². The van der Waals surface area contributed by atoms with Crippen molar-refractivity contribution in [3.63, 3.8) is 0 Å². The van der Waals surface area contributed by atoms with Gasteiger partial charge in [-0.3, -0.25) is 4.68 Å². The molecule has 5 heteroatoms. The SMILES string of the molecule is CCNC(c1cccc(I)c1)c1cnnn1C. The molecule has 2 aromatic rings. The molecule has 0 aliphatic rings. The summed E-state index contributed by atoms with van der Waals surface area (Å²) < 4.78 is 3.05. The van der Waals surface area contributed by atoms with Crippen molar-refractivity contribution in [1.82, 2.24) is 20.3 Å². The predicted molar refractivity (Wildman–Crippen MR) is 75.7 cm³/mol. The van der Waals surface area contributed by atoms with Crippen LogP contribution in [0, 0.1) is 3.57 Å². The quantitative estimate of drug-likeness (QED) is 0.866. The molecule has 1 atom stereocenters. The van der Waals surface area contributed by atoms with Crippen LogP contribution in [0.25, 0.3) is 0 Å². The number of hydrogen-bond acceptors (Lipinski definition) is 3. The highest BCUT2D eigenvalue weighted by Gasteiger charge is 2.16. The number of aromatic nitrogens is 3. The zero-order valence-electron chi connectivity index (χ0n) is 9.89. The zero-order valence-corrected chi connectivity index (χ0v) is 12.0. The average Bonchev–Trinajstić information content (AvgIpc) is 2.72. The van der Waals surface area contributed by atoms with Gasteiger partial charge in [0.2, 0.25) is 0 Å². The highest BCUT2D eigenvalue weighted by Crippen LogP contribution is 2.22. The van der Waals surface area contributed by atoms with E-state index in [-0.39, 0.29) is 6.04 Å². The van der Waals surface area contributed by atoms with E-state index in [1.807, 2.05) is 17.9 Å². The van der Waals surface area contributed by atoms with E-state index in [2.05, 4.69) is 69.4 Å². The first kappa shape index (κ1) is 12.5. The Morgan fingerprint density at radius 2 is 2.29 bits per heavy atom. The molecule has 0 amide bonds. The molecule has 17 heavy (non-hydrogen) atoms. The molecule has 0 radical (unpaired) electrons. The molecule has 0 saturated heterocycles. The highest BCUT2D eigenvalue weighted by molar-refractivity contribution is 14.1. The topological polar surface area (TPSA) is 42.7 Å². The van der Waals surface area contributed by atoms with Crippen molar-refractivity contribution in [2.75, 3.05) is 6.54 Å². The third-order valence-electron chi connectivity index (χ3n) is 2.64. The molecule has 90 valence electrons. The van der Waals surface area contributed by atoms with E-state index >= 15 is 0 Å². The number of aryl methyl sites for hydroxylation is 1. The molecule has 0 fully saturated rings. The Morgan fingerprint density at radius 3 is 2.88 bits per heavy atom. The molecule has 4 nitrogen and oxygen atoms in total. The lowest BCUT2D eigenvalue weighted by Crippen LogP contribution is -2.24. The predicted octanol–water partition coefficient (Wildman–Crippen LogP) is 2.12. The van der Waals surface area contributed by atoms with Gasteiger partial charge in [-0.25, -0.2) is 0 Å². The molecule has 1 heterocycles. The first-order valence-corrected chi connectivity index (χ1v) is 6.63. The normalized spacial score (nSPS) is 12.6. The Bertz CT molecular complexity index is 495. The third-order valence-corrected chi connectivity index (χ3v) is 3.31. The summed E-state index contributed by atoms with van der Waals surface area (Å²) >= 11 is 2.33. The fourth-order valence-electron chi connectivity index (χ4n) is 1.84. The van der Waals surface area contributed by atoms with Crippen LogP contribution in [0.5, 0.6) is 0 Å². The number of nitrogens with zero attached hydrogens (tertiary/aromatic N) is 3. The second-order valence-corrected chi connectivity index (χ2v) is 5.07. The molecule has 1 N–H and O–H groups in total. The molecular weight excluding hydrogens is 327 g/mol. The van der Waals surface area contributed by atoms with Crippen LogP contribution in [0.15, 0.2) is 30.5 Å². The molecule has 2 rings (SSSR count). The maximum absolute atomic E-state index is 3.99. The zero-order chi connectivity index (χ0) is 12.3.